The van der Waals surface area contributed by atoms with Gasteiger partial charge >= 0.3 is 5.69 Å². The number of rotatable bonds is 5. The van der Waals surface area contributed by atoms with E-state index >= 15 is 0 Å². The summed E-state index contributed by atoms with van der Waals surface area (Å²) < 4.78 is 31.5. The van der Waals surface area contributed by atoms with Gasteiger partial charge in [0.05, 0.1) is 21.6 Å². The molecule has 0 saturated heterocycles. The molecule has 1 aromatic heterocycles. The van der Waals surface area contributed by atoms with Gasteiger partial charge in [0.25, 0.3) is 10.0 Å². The molecule has 0 bridgehead atoms. The minimum absolute atomic E-state index is 0.149. The number of aryl methyl sites for hydroxylation is 3. The molecule has 0 saturated carbocycles. The Morgan fingerprint density at radius 3 is 2.11 bits per heavy atom. The smallest absolute Gasteiger partial charge is 0.295 e. The molecule has 2 aromatic carbocycles. The van der Waals surface area contributed by atoms with Crippen LogP contribution in [0.1, 0.15) is 19.4 Å². The largest absolute Gasteiger partial charge is 0.328 e. The number of nitrogens with zero attached hydrogens (tertiary/aromatic N) is 2. The molecule has 3 aromatic rings. The monoisotopic (exact) mass is 405 g/mol. The highest BCUT2D eigenvalue weighted by molar-refractivity contribution is 8.00. The Morgan fingerprint density at radius 1 is 1.00 bits per heavy atom. The fourth-order valence-electron chi connectivity index (χ4n) is 2.88. The Kier molecular flexibility index (Phi) is 5.14. The van der Waals surface area contributed by atoms with Crippen LogP contribution in [0.4, 0.5) is 5.69 Å². The lowest BCUT2D eigenvalue weighted by Gasteiger charge is -2.15. The number of thioether (sulfide) groups is 1. The fraction of sp³-hybridized carbons (Fsp3) is 0.316. The van der Waals surface area contributed by atoms with E-state index in [1.54, 1.807) is 60.8 Å². The number of sulfonamides is 1. The number of benzene rings is 2. The molecule has 1 N–H and O–H groups in total. The summed E-state index contributed by atoms with van der Waals surface area (Å²) in [4.78, 5) is 13.2. The van der Waals surface area contributed by atoms with Crippen LogP contribution in [0.2, 0.25) is 0 Å². The maximum atomic E-state index is 12.8. The van der Waals surface area contributed by atoms with Gasteiger partial charge in [-0.05, 0) is 31.2 Å². The van der Waals surface area contributed by atoms with E-state index in [0.29, 0.717) is 11.2 Å². The van der Waals surface area contributed by atoms with Crippen LogP contribution in [0.5, 0.6) is 0 Å². The van der Waals surface area contributed by atoms with Gasteiger partial charge in [-0.15, -0.1) is 11.8 Å². The Hall–Kier alpha value is -2.19. The molecular weight excluding hydrogens is 382 g/mol. The van der Waals surface area contributed by atoms with Crippen molar-refractivity contribution in [1.29, 1.82) is 0 Å². The van der Waals surface area contributed by atoms with Gasteiger partial charge < -0.3 is 0 Å². The Morgan fingerprint density at radius 2 is 1.56 bits per heavy atom. The first-order valence-electron chi connectivity index (χ1n) is 8.56. The van der Waals surface area contributed by atoms with E-state index in [-0.39, 0.29) is 15.8 Å². The van der Waals surface area contributed by atoms with Gasteiger partial charge in [0.1, 0.15) is 0 Å². The number of imidazole rings is 1. The van der Waals surface area contributed by atoms with Crippen molar-refractivity contribution >= 4 is 38.5 Å². The van der Waals surface area contributed by atoms with Crippen LogP contribution < -0.4 is 10.4 Å². The summed E-state index contributed by atoms with van der Waals surface area (Å²) in [6.45, 7) is 5.99. The molecular formula is C19H23N3O3S2. The highest BCUT2D eigenvalue weighted by Gasteiger charge is 2.19. The molecule has 0 unspecified atom stereocenters. The number of aromatic nitrogens is 2. The van der Waals surface area contributed by atoms with Crippen LogP contribution in [-0.2, 0) is 24.1 Å². The predicted octanol–water partition coefficient (Wildman–Crippen LogP) is 3.49. The number of anilines is 1. The number of hydrogen-bond donors (Lipinski definition) is 1. The quantitative estimate of drug-likeness (QED) is 0.660. The van der Waals surface area contributed by atoms with Gasteiger partial charge in [-0.25, -0.2) is 13.2 Å². The van der Waals surface area contributed by atoms with Gasteiger partial charge in [-0.2, -0.15) is 0 Å². The second-order valence-corrected chi connectivity index (χ2v) is 10.1. The molecule has 6 nitrogen and oxygen atoms in total. The summed E-state index contributed by atoms with van der Waals surface area (Å²) >= 11 is 1.55. The lowest BCUT2D eigenvalue weighted by atomic mass is 10.2. The van der Waals surface area contributed by atoms with E-state index < -0.39 is 10.0 Å². The molecule has 1 heterocycles. The molecule has 0 atom stereocenters. The van der Waals surface area contributed by atoms with Crippen molar-refractivity contribution in [1.82, 2.24) is 9.13 Å². The average Bonchev–Trinajstić information content (AvgIpc) is 2.79. The normalized spacial score (nSPS) is 12.1. The molecule has 27 heavy (non-hydrogen) atoms. The third kappa shape index (κ3) is 3.77. The summed E-state index contributed by atoms with van der Waals surface area (Å²) in [5.41, 5.74) is 2.76. The van der Waals surface area contributed by atoms with Crippen LogP contribution in [-0.4, -0.2) is 22.8 Å². The molecule has 3 rings (SSSR count). The predicted molar refractivity (Wildman–Crippen MR) is 111 cm³/mol. The van der Waals surface area contributed by atoms with Crippen molar-refractivity contribution in [2.24, 2.45) is 14.1 Å². The molecule has 144 valence electrons. The number of nitrogens with one attached hydrogen (secondary N) is 1. The third-order valence-electron chi connectivity index (χ3n) is 4.31. The van der Waals surface area contributed by atoms with Crippen LogP contribution >= 0.6 is 11.8 Å². The summed E-state index contributed by atoms with van der Waals surface area (Å²) in [5, 5.41) is 0.255. The van der Waals surface area contributed by atoms with Crippen molar-refractivity contribution in [3.05, 3.63) is 52.4 Å². The minimum atomic E-state index is -3.73. The van der Waals surface area contributed by atoms with Crippen LogP contribution in [0.15, 0.2) is 51.0 Å². The molecule has 0 spiro atoms. The summed E-state index contributed by atoms with van der Waals surface area (Å²) in [5.74, 6) is 0. The van der Waals surface area contributed by atoms with Gasteiger partial charge in [0.2, 0.25) is 0 Å². The highest BCUT2D eigenvalue weighted by Crippen LogP contribution is 2.35. The first-order valence-corrected chi connectivity index (χ1v) is 10.9. The zero-order chi connectivity index (χ0) is 19.9. The maximum Gasteiger partial charge on any atom is 0.328 e. The molecule has 0 radical (unpaired) electrons. The summed E-state index contributed by atoms with van der Waals surface area (Å²) in [6, 6.07) is 10.3. The van der Waals surface area contributed by atoms with E-state index in [1.807, 2.05) is 26.8 Å². The number of hydrogen-bond acceptors (Lipinski definition) is 4. The van der Waals surface area contributed by atoms with Crippen molar-refractivity contribution in [3.63, 3.8) is 0 Å². The van der Waals surface area contributed by atoms with Crippen molar-refractivity contribution in [2.75, 3.05) is 4.72 Å². The average molecular weight is 406 g/mol. The van der Waals surface area contributed by atoms with Crippen LogP contribution in [0.3, 0.4) is 0 Å². The van der Waals surface area contributed by atoms with E-state index in [9.17, 15) is 13.2 Å². The summed E-state index contributed by atoms with van der Waals surface area (Å²) in [6.07, 6.45) is 0. The Bertz CT molecular complexity index is 1160. The number of fused-ring (bicyclic) bond motifs is 1. The van der Waals surface area contributed by atoms with Gasteiger partial charge in [0.15, 0.2) is 0 Å². The van der Waals surface area contributed by atoms with Crippen molar-refractivity contribution < 1.29 is 8.42 Å². The zero-order valence-corrected chi connectivity index (χ0v) is 17.6. The van der Waals surface area contributed by atoms with Crippen LogP contribution in [0.25, 0.3) is 11.0 Å². The first kappa shape index (κ1) is 19.6. The third-order valence-corrected chi connectivity index (χ3v) is 6.76. The second kappa shape index (κ2) is 7.09. The van der Waals surface area contributed by atoms with E-state index in [1.165, 1.54) is 4.57 Å². The van der Waals surface area contributed by atoms with E-state index in [4.69, 9.17) is 0 Å². The van der Waals surface area contributed by atoms with E-state index in [0.717, 1.165) is 16.0 Å². The Labute approximate surface area is 163 Å². The van der Waals surface area contributed by atoms with Crippen LogP contribution in [0, 0.1) is 6.92 Å². The molecule has 0 aliphatic carbocycles. The van der Waals surface area contributed by atoms with Gasteiger partial charge in [0, 0.05) is 24.2 Å². The maximum absolute atomic E-state index is 12.8. The Balaban J connectivity index is 2.15. The topological polar surface area (TPSA) is 73.1 Å². The second-order valence-electron chi connectivity index (χ2n) is 6.82. The highest BCUT2D eigenvalue weighted by atomic mass is 32.2. The first-order chi connectivity index (χ1) is 12.6. The fourth-order valence-corrected chi connectivity index (χ4v) is 4.94. The van der Waals surface area contributed by atoms with Gasteiger partial charge in [-0.3, -0.25) is 13.9 Å². The standard InChI is InChI=1S/C19H23N3O3S2/c1-12(2)26-18-11-17-16(21(4)19(23)22(17)5)10-15(18)20-27(24,25)14-8-6-13(3)7-9-14/h6-12,20H,1-5H3. The minimum Gasteiger partial charge on any atom is -0.295 e. The van der Waals surface area contributed by atoms with E-state index in [2.05, 4.69) is 4.72 Å². The van der Waals surface area contributed by atoms with Gasteiger partial charge in [-0.1, -0.05) is 31.5 Å². The SMILES string of the molecule is Cc1ccc(S(=O)(=O)Nc2cc3c(cc2SC(C)C)n(C)c(=O)n3C)cc1. The molecule has 8 heteroatoms. The van der Waals surface area contributed by atoms with Crippen molar-refractivity contribution in [3.8, 4) is 0 Å². The molecule has 0 aliphatic heterocycles. The van der Waals surface area contributed by atoms with Crippen molar-refractivity contribution in [2.45, 2.75) is 35.8 Å². The molecule has 0 fully saturated rings. The lowest BCUT2D eigenvalue weighted by Crippen LogP contribution is -2.19. The lowest BCUT2D eigenvalue weighted by molar-refractivity contribution is 0.601. The zero-order valence-electron chi connectivity index (χ0n) is 16.0. The molecule has 0 aliphatic rings. The molecule has 0 amide bonds. The summed E-state index contributed by atoms with van der Waals surface area (Å²) in [7, 11) is -0.339.